The number of hydrogen-bond donors (Lipinski definition) is 3. The molecule has 0 aromatic rings. The SMILES string of the molecule is CCCCCC/C=C\C=C/CCCCCCCC(=O)OC[C@H](COP(=O)(O)OC[C@@H](O)COP(=O)(O)OC[C@@H](COC(=O)CCCCCCCCC)OC(=O)CCCCCCCCC)OC(=O)CCCCCCCCCCCCCCCCCCCCCCC. The Morgan fingerprint density at radius 3 is 0.811 bits per heavy atom. The van der Waals surface area contributed by atoms with Crippen molar-refractivity contribution >= 4 is 39.5 Å². The van der Waals surface area contributed by atoms with Gasteiger partial charge in [-0.15, -0.1) is 0 Å². The predicted octanol–water partition coefficient (Wildman–Crippen LogP) is 20.2. The highest BCUT2D eigenvalue weighted by Gasteiger charge is 2.30. The molecule has 90 heavy (non-hydrogen) atoms. The van der Waals surface area contributed by atoms with Gasteiger partial charge in [0.2, 0.25) is 0 Å². The Balaban J connectivity index is 5.15. The van der Waals surface area contributed by atoms with Gasteiger partial charge in [0.15, 0.2) is 12.2 Å². The van der Waals surface area contributed by atoms with Crippen molar-refractivity contribution in [2.75, 3.05) is 39.6 Å². The molecule has 530 valence electrons. The fourth-order valence-corrected chi connectivity index (χ4v) is 11.9. The molecule has 0 aromatic carbocycles. The number of unbranched alkanes of at least 4 members (excludes halogenated alkanes) is 41. The molecule has 3 N–H and O–H groups in total. The Morgan fingerprint density at radius 2 is 0.533 bits per heavy atom. The van der Waals surface area contributed by atoms with Gasteiger partial charge in [0, 0.05) is 25.7 Å². The number of allylic oxidation sites excluding steroid dienone is 4. The Bertz CT molecular complexity index is 1820. The summed E-state index contributed by atoms with van der Waals surface area (Å²) in [4.78, 5) is 72.2. The van der Waals surface area contributed by atoms with E-state index in [1.807, 2.05) is 0 Å². The van der Waals surface area contributed by atoms with Gasteiger partial charge in [0.1, 0.15) is 19.3 Å². The molecule has 0 aromatic heterocycles. The minimum absolute atomic E-state index is 0.101. The molecule has 2 unspecified atom stereocenters. The standard InChI is InChI=1S/C71H134O17P2/c1-5-9-13-17-21-23-25-27-29-30-31-32-33-34-36-38-40-42-46-50-54-58-71(76)88-67(62-82-69(74)56-52-48-45-41-39-37-35-28-26-24-22-18-14-10-6-2)64-86-90(79,80)84-60-65(72)59-83-89(77,78)85-63-66(87-70(75)57-53-49-44-20-16-12-8-4)61-81-68(73)55-51-47-43-19-15-11-7-3/h24,26,28,35,65-67,72H,5-23,25,27,29-34,36-64H2,1-4H3,(H,77,78)(H,79,80)/b26-24-,35-28-/t65-,66+,67+/m0/s1. The largest absolute Gasteiger partial charge is 0.472 e. The number of carbonyl (C=O) groups is 4. The van der Waals surface area contributed by atoms with Crippen LogP contribution in [0.2, 0.25) is 0 Å². The first kappa shape index (κ1) is 87.5. The number of aliphatic hydroxyl groups excluding tert-OH is 1. The Morgan fingerprint density at radius 1 is 0.311 bits per heavy atom. The van der Waals surface area contributed by atoms with E-state index in [9.17, 15) is 43.2 Å². The first-order valence-corrected chi connectivity index (χ1v) is 39.6. The number of carbonyl (C=O) groups excluding carboxylic acids is 4. The van der Waals surface area contributed by atoms with Crippen LogP contribution in [0.15, 0.2) is 24.3 Å². The molecule has 0 rings (SSSR count). The van der Waals surface area contributed by atoms with Gasteiger partial charge in [0.05, 0.1) is 26.4 Å². The molecular formula is C71H134O17P2. The molecule has 0 fully saturated rings. The molecule has 5 atom stereocenters. The lowest BCUT2D eigenvalue weighted by molar-refractivity contribution is -0.161. The summed E-state index contributed by atoms with van der Waals surface area (Å²) < 4.78 is 68.0. The summed E-state index contributed by atoms with van der Waals surface area (Å²) in [7, 11) is -9.90. The highest BCUT2D eigenvalue weighted by atomic mass is 31.2. The molecule has 0 saturated carbocycles. The third kappa shape index (κ3) is 64.3. The van der Waals surface area contributed by atoms with Gasteiger partial charge in [-0.2, -0.15) is 0 Å². The van der Waals surface area contributed by atoms with E-state index >= 15 is 0 Å². The predicted molar refractivity (Wildman–Crippen MR) is 363 cm³/mol. The zero-order valence-electron chi connectivity index (χ0n) is 57.6. The molecule has 19 heteroatoms. The van der Waals surface area contributed by atoms with E-state index in [0.717, 1.165) is 135 Å². The van der Waals surface area contributed by atoms with Crippen LogP contribution in [0.5, 0.6) is 0 Å². The number of aliphatic hydroxyl groups is 1. The van der Waals surface area contributed by atoms with Crippen LogP contribution in [0.4, 0.5) is 0 Å². The normalized spacial score (nSPS) is 14.2. The summed E-state index contributed by atoms with van der Waals surface area (Å²) in [5.74, 6) is -2.16. The van der Waals surface area contributed by atoms with Gasteiger partial charge in [-0.25, -0.2) is 9.13 Å². The minimum Gasteiger partial charge on any atom is -0.462 e. The van der Waals surface area contributed by atoms with E-state index in [-0.39, 0.29) is 25.7 Å². The first-order valence-electron chi connectivity index (χ1n) is 36.6. The monoisotopic (exact) mass is 1320 g/mol. The molecule has 0 saturated heterocycles. The van der Waals surface area contributed by atoms with E-state index < -0.39 is 97.5 Å². The highest BCUT2D eigenvalue weighted by molar-refractivity contribution is 7.47. The average molecular weight is 1320 g/mol. The topological polar surface area (TPSA) is 237 Å². The van der Waals surface area contributed by atoms with Gasteiger partial charge >= 0.3 is 39.5 Å². The van der Waals surface area contributed by atoms with Crippen LogP contribution < -0.4 is 0 Å². The molecule has 0 amide bonds. The van der Waals surface area contributed by atoms with E-state index in [1.54, 1.807) is 0 Å². The van der Waals surface area contributed by atoms with E-state index in [4.69, 9.17) is 37.0 Å². The van der Waals surface area contributed by atoms with Gasteiger partial charge in [-0.3, -0.25) is 37.3 Å². The Labute approximate surface area is 548 Å². The molecule has 0 bridgehead atoms. The zero-order valence-corrected chi connectivity index (χ0v) is 59.4. The molecule has 17 nitrogen and oxygen atoms in total. The van der Waals surface area contributed by atoms with Crippen molar-refractivity contribution in [3.8, 4) is 0 Å². The number of rotatable bonds is 70. The second-order valence-corrected chi connectivity index (χ2v) is 27.8. The van der Waals surface area contributed by atoms with Crippen LogP contribution in [0.1, 0.15) is 349 Å². The molecule has 0 aliphatic heterocycles. The number of phosphoric acid groups is 2. The number of hydrogen-bond acceptors (Lipinski definition) is 15. The van der Waals surface area contributed by atoms with Crippen molar-refractivity contribution in [2.45, 2.75) is 367 Å². The lowest BCUT2D eigenvalue weighted by Gasteiger charge is -2.21. The van der Waals surface area contributed by atoms with E-state index in [1.165, 1.54) is 135 Å². The van der Waals surface area contributed by atoms with Crippen molar-refractivity contribution in [1.82, 2.24) is 0 Å². The molecule has 0 aliphatic rings. The summed E-state index contributed by atoms with van der Waals surface area (Å²) in [6, 6.07) is 0. The van der Waals surface area contributed by atoms with Crippen molar-refractivity contribution in [3.63, 3.8) is 0 Å². The van der Waals surface area contributed by atoms with Crippen molar-refractivity contribution in [3.05, 3.63) is 24.3 Å². The highest BCUT2D eigenvalue weighted by Crippen LogP contribution is 2.45. The van der Waals surface area contributed by atoms with Crippen LogP contribution in [-0.2, 0) is 65.4 Å². The van der Waals surface area contributed by atoms with Crippen molar-refractivity contribution in [2.24, 2.45) is 0 Å². The molecule has 0 radical (unpaired) electrons. The quantitative estimate of drug-likeness (QED) is 0.0169. The fraction of sp³-hybridized carbons (Fsp3) is 0.887. The number of phosphoric ester groups is 2. The lowest BCUT2D eigenvalue weighted by Crippen LogP contribution is -2.30. The average Bonchev–Trinajstić information content (AvgIpc) is 3.71. The van der Waals surface area contributed by atoms with Crippen LogP contribution in [-0.4, -0.2) is 96.7 Å². The maximum atomic E-state index is 13.0. The third-order valence-corrected chi connectivity index (χ3v) is 17.9. The van der Waals surface area contributed by atoms with E-state index in [0.29, 0.717) is 25.7 Å². The van der Waals surface area contributed by atoms with Gasteiger partial charge in [-0.05, 0) is 51.4 Å². The Kier molecular flexibility index (Phi) is 63.4. The van der Waals surface area contributed by atoms with Gasteiger partial charge in [0.25, 0.3) is 0 Å². The van der Waals surface area contributed by atoms with Gasteiger partial charge in [-0.1, -0.05) is 296 Å². The molecular weight excluding hydrogens is 1190 g/mol. The van der Waals surface area contributed by atoms with Crippen LogP contribution in [0.25, 0.3) is 0 Å². The zero-order chi connectivity index (χ0) is 66.1. The maximum Gasteiger partial charge on any atom is 0.472 e. The minimum atomic E-state index is -4.96. The van der Waals surface area contributed by atoms with Crippen molar-refractivity contribution in [1.29, 1.82) is 0 Å². The lowest BCUT2D eigenvalue weighted by atomic mass is 10.0. The summed E-state index contributed by atoms with van der Waals surface area (Å²) in [5, 5.41) is 10.5. The van der Waals surface area contributed by atoms with E-state index in [2.05, 4.69) is 52.0 Å². The fourth-order valence-electron chi connectivity index (χ4n) is 10.3. The summed E-state index contributed by atoms with van der Waals surface area (Å²) in [5.41, 5.74) is 0. The molecule has 0 aliphatic carbocycles. The number of esters is 4. The van der Waals surface area contributed by atoms with Crippen LogP contribution in [0.3, 0.4) is 0 Å². The maximum absolute atomic E-state index is 13.0. The molecule has 0 spiro atoms. The summed E-state index contributed by atoms with van der Waals surface area (Å²) in [6.07, 6.45) is 56.8. The third-order valence-electron chi connectivity index (χ3n) is 16.0. The van der Waals surface area contributed by atoms with Gasteiger partial charge < -0.3 is 33.8 Å². The smallest absolute Gasteiger partial charge is 0.462 e. The first-order chi connectivity index (χ1) is 43.7. The number of ether oxygens (including phenoxy) is 4. The van der Waals surface area contributed by atoms with Crippen LogP contribution >= 0.6 is 15.6 Å². The molecule has 0 heterocycles. The second-order valence-electron chi connectivity index (χ2n) is 24.9. The van der Waals surface area contributed by atoms with Crippen LogP contribution in [0, 0.1) is 0 Å². The summed E-state index contributed by atoms with van der Waals surface area (Å²) >= 11 is 0. The Hall–Kier alpha value is -2.46. The second kappa shape index (κ2) is 65.2. The summed E-state index contributed by atoms with van der Waals surface area (Å²) in [6.45, 7) is 4.79. The van der Waals surface area contributed by atoms with Crippen molar-refractivity contribution < 1.29 is 80.2 Å².